The summed E-state index contributed by atoms with van der Waals surface area (Å²) in [5.74, 6) is -1.70. The molecule has 2 N–H and O–H groups in total. The van der Waals surface area contributed by atoms with Gasteiger partial charge in [-0.05, 0) is 19.5 Å². The maximum Gasteiger partial charge on any atom is 0.399 e. The van der Waals surface area contributed by atoms with Gasteiger partial charge in [0.1, 0.15) is 5.92 Å². The molecule has 0 saturated carbocycles. The van der Waals surface area contributed by atoms with Crippen LogP contribution in [-0.4, -0.2) is 35.7 Å². The fraction of sp³-hybridized carbons (Fsp3) is 0.900. The van der Waals surface area contributed by atoms with Crippen molar-refractivity contribution in [3.63, 3.8) is 0 Å². The van der Waals surface area contributed by atoms with Gasteiger partial charge in [-0.1, -0.05) is 32.5 Å². The molecule has 0 bridgehead atoms. The van der Waals surface area contributed by atoms with E-state index in [-0.39, 0.29) is 6.54 Å². The molecule has 0 spiro atoms. The fourth-order valence-electron chi connectivity index (χ4n) is 1.37. The molecule has 6 heteroatoms. The molecule has 0 amide bonds. The van der Waals surface area contributed by atoms with Crippen LogP contribution in [0.5, 0.6) is 0 Å². The van der Waals surface area contributed by atoms with Crippen molar-refractivity contribution < 1.29 is 13.2 Å². The molecule has 0 rings (SSSR count). The first-order chi connectivity index (χ1) is 7.32. The topological polar surface area (TPSA) is 29.3 Å². The van der Waals surface area contributed by atoms with Crippen LogP contribution in [0.2, 0.25) is 0 Å². The van der Waals surface area contributed by atoms with Gasteiger partial charge in [-0.25, -0.2) is 0 Å². The van der Waals surface area contributed by atoms with E-state index in [1.165, 1.54) is 0 Å². The monoisotopic (exact) mass is 256 g/mol. The summed E-state index contributed by atoms with van der Waals surface area (Å²) in [5.41, 5.74) is 5.14. The van der Waals surface area contributed by atoms with E-state index >= 15 is 0 Å². The van der Waals surface area contributed by atoms with E-state index in [1.807, 2.05) is 13.8 Å². The highest BCUT2D eigenvalue weighted by Crippen LogP contribution is 2.27. The lowest BCUT2D eigenvalue weighted by Crippen LogP contribution is -2.43. The third-order valence-electron chi connectivity index (χ3n) is 2.45. The van der Waals surface area contributed by atoms with Crippen molar-refractivity contribution in [1.29, 1.82) is 0 Å². The third-order valence-corrected chi connectivity index (χ3v) is 2.74. The van der Waals surface area contributed by atoms with E-state index in [0.29, 0.717) is 13.1 Å². The molecule has 0 saturated heterocycles. The number of unbranched alkanes of at least 4 members (excludes halogenated alkanes) is 1. The Balaban J connectivity index is 4.42. The zero-order valence-corrected chi connectivity index (χ0v) is 10.5. The van der Waals surface area contributed by atoms with E-state index in [1.54, 1.807) is 4.90 Å². The zero-order valence-electron chi connectivity index (χ0n) is 9.68. The van der Waals surface area contributed by atoms with Gasteiger partial charge in [0, 0.05) is 6.54 Å². The Bertz CT molecular complexity index is 219. The zero-order chi connectivity index (χ0) is 12.8. The molecule has 0 radical (unpaired) electrons. The Morgan fingerprint density at radius 3 is 2.25 bits per heavy atom. The molecule has 0 aliphatic heterocycles. The molecule has 0 heterocycles. The van der Waals surface area contributed by atoms with Crippen LogP contribution in [0.15, 0.2) is 0 Å². The molecule has 0 aliphatic carbocycles. The Morgan fingerprint density at radius 2 is 1.94 bits per heavy atom. The van der Waals surface area contributed by atoms with Gasteiger partial charge < -0.3 is 10.6 Å². The molecule has 1 atom stereocenters. The van der Waals surface area contributed by atoms with Crippen LogP contribution < -0.4 is 5.73 Å². The molecule has 0 fully saturated rings. The number of halogens is 3. The van der Waals surface area contributed by atoms with Crippen LogP contribution in [-0.2, 0) is 0 Å². The minimum Gasteiger partial charge on any atom is -0.393 e. The standard InChI is InChI=1S/C10H19F3N2S/c1-3-5-6-15(4-2)7-8(9(14)16)10(11,12)13/h8H,3-7H2,1-2H3,(H2,14,16). The normalized spacial score (nSPS) is 14.1. The summed E-state index contributed by atoms with van der Waals surface area (Å²) in [6.45, 7) is 4.94. The quantitative estimate of drug-likeness (QED) is 0.710. The van der Waals surface area contributed by atoms with E-state index < -0.39 is 17.1 Å². The highest BCUT2D eigenvalue weighted by molar-refractivity contribution is 7.80. The predicted octanol–water partition coefficient (Wildman–Crippen LogP) is 2.57. The number of alkyl halides is 3. The number of nitrogens with two attached hydrogens (primary N) is 1. The number of rotatable bonds is 7. The van der Waals surface area contributed by atoms with E-state index in [0.717, 1.165) is 12.8 Å². The molecule has 96 valence electrons. The summed E-state index contributed by atoms with van der Waals surface area (Å²) in [7, 11) is 0. The number of hydrogen-bond acceptors (Lipinski definition) is 2. The molecule has 0 aromatic rings. The van der Waals surface area contributed by atoms with E-state index in [9.17, 15) is 13.2 Å². The average Bonchev–Trinajstić information content (AvgIpc) is 2.15. The van der Waals surface area contributed by atoms with E-state index in [2.05, 4.69) is 12.2 Å². The van der Waals surface area contributed by atoms with Crippen molar-refractivity contribution in [3.8, 4) is 0 Å². The molecule has 0 aromatic carbocycles. The summed E-state index contributed by atoms with van der Waals surface area (Å²) in [4.78, 5) is 1.27. The van der Waals surface area contributed by atoms with Crippen molar-refractivity contribution in [2.45, 2.75) is 32.9 Å². The Hall–Kier alpha value is -0.360. The highest BCUT2D eigenvalue weighted by Gasteiger charge is 2.42. The maximum absolute atomic E-state index is 12.6. The minimum atomic E-state index is -4.34. The molecule has 0 aliphatic rings. The Morgan fingerprint density at radius 1 is 1.38 bits per heavy atom. The van der Waals surface area contributed by atoms with Crippen LogP contribution >= 0.6 is 12.2 Å². The summed E-state index contributed by atoms with van der Waals surface area (Å²) in [6, 6.07) is 0. The van der Waals surface area contributed by atoms with Crippen LogP contribution in [0.1, 0.15) is 26.7 Å². The smallest absolute Gasteiger partial charge is 0.393 e. The predicted molar refractivity (Wildman–Crippen MR) is 63.4 cm³/mol. The first-order valence-corrected chi connectivity index (χ1v) is 5.82. The molecule has 0 aromatic heterocycles. The van der Waals surface area contributed by atoms with Crippen LogP contribution in [0.4, 0.5) is 13.2 Å². The summed E-state index contributed by atoms with van der Waals surface area (Å²) in [6.07, 6.45) is -2.50. The van der Waals surface area contributed by atoms with Crippen LogP contribution in [0.25, 0.3) is 0 Å². The average molecular weight is 256 g/mol. The number of hydrogen-bond donors (Lipinski definition) is 1. The molecule has 1 unspecified atom stereocenters. The lowest BCUT2D eigenvalue weighted by Gasteiger charge is -2.27. The summed E-state index contributed by atoms with van der Waals surface area (Å²) < 4.78 is 37.8. The van der Waals surface area contributed by atoms with Gasteiger partial charge >= 0.3 is 6.18 Å². The lowest BCUT2D eigenvalue weighted by molar-refractivity contribution is -0.159. The van der Waals surface area contributed by atoms with Crippen molar-refractivity contribution in [2.24, 2.45) is 11.7 Å². The number of thiocarbonyl (C=S) groups is 1. The Kier molecular flexibility index (Phi) is 6.90. The van der Waals surface area contributed by atoms with Gasteiger partial charge in [-0.15, -0.1) is 0 Å². The summed E-state index contributed by atoms with van der Waals surface area (Å²) in [5, 5.41) is 0. The van der Waals surface area contributed by atoms with E-state index in [4.69, 9.17) is 5.73 Å². The largest absolute Gasteiger partial charge is 0.399 e. The lowest BCUT2D eigenvalue weighted by atomic mass is 10.1. The molecule has 2 nitrogen and oxygen atoms in total. The van der Waals surface area contributed by atoms with Gasteiger partial charge in [0.05, 0.1) is 4.99 Å². The first kappa shape index (κ1) is 15.6. The fourth-order valence-corrected chi connectivity index (χ4v) is 1.58. The van der Waals surface area contributed by atoms with Crippen molar-refractivity contribution in [2.75, 3.05) is 19.6 Å². The maximum atomic E-state index is 12.6. The SMILES string of the molecule is CCCCN(CC)CC(C(N)=S)C(F)(F)F. The third kappa shape index (κ3) is 5.65. The van der Waals surface area contributed by atoms with Gasteiger partial charge in [-0.3, -0.25) is 0 Å². The minimum absolute atomic E-state index is 0.130. The summed E-state index contributed by atoms with van der Waals surface area (Å²) >= 11 is 4.48. The molecule has 16 heavy (non-hydrogen) atoms. The first-order valence-electron chi connectivity index (χ1n) is 5.41. The second-order valence-corrected chi connectivity index (χ2v) is 4.21. The van der Waals surface area contributed by atoms with Gasteiger partial charge in [0.25, 0.3) is 0 Å². The second-order valence-electron chi connectivity index (χ2n) is 3.74. The molecular weight excluding hydrogens is 237 g/mol. The molecular formula is C10H19F3N2S. The van der Waals surface area contributed by atoms with Crippen molar-refractivity contribution >= 4 is 17.2 Å². The van der Waals surface area contributed by atoms with Gasteiger partial charge in [0.2, 0.25) is 0 Å². The van der Waals surface area contributed by atoms with Crippen LogP contribution in [0, 0.1) is 5.92 Å². The Labute approximate surface area is 100.0 Å². The second kappa shape index (κ2) is 7.06. The van der Waals surface area contributed by atoms with Crippen LogP contribution in [0.3, 0.4) is 0 Å². The van der Waals surface area contributed by atoms with Crippen molar-refractivity contribution in [3.05, 3.63) is 0 Å². The van der Waals surface area contributed by atoms with Gasteiger partial charge in [0.15, 0.2) is 0 Å². The van der Waals surface area contributed by atoms with Crippen molar-refractivity contribution in [1.82, 2.24) is 4.90 Å². The number of nitrogens with zero attached hydrogens (tertiary/aromatic N) is 1. The highest BCUT2D eigenvalue weighted by atomic mass is 32.1. The van der Waals surface area contributed by atoms with Gasteiger partial charge in [-0.2, -0.15) is 13.2 Å².